The second-order valence-electron chi connectivity index (χ2n) is 6.55. The van der Waals surface area contributed by atoms with E-state index in [9.17, 15) is 26.7 Å². The molecule has 3 heterocycles. The number of anilines is 2. The minimum absolute atomic E-state index is 0.0215. The van der Waals surface area contributed by atoms with Gasteiger partial charge in [-0.15, -0.1) is 0 Å². The van der Waals surface area contributed by atoms with Crippen molar-refractivity contribution in [3.8, 4) is 0 Å². The molecule has 1 saturated heterocycles. The third-order valence-corrected chi connectivity index (χ3v) is 4.68. The van der Waals surface area contributed by atoms with E-state index in [-0.39, 0.29) is 22.1 Å². The molecule has 0 spiro atoms. The molecule has 4 rings (SSSR count). The molecule has 2 aromatic rings. The molecule has 1 aromatic heterocycles. The number of hydrazone groups is 1. The topological polar surface area (TPSA) is 58.3 Å². The van der Waals surface area contributed by atoms with Gasteiger partial charge in [0.1, 0.15) is 11.4 Å². The Labute approximate surface area is 166 Å². The van der Waals surface area contributed by atoms with E-state index in [2.05, 4.69) is 5.10 Å². The maximum atomic E-state index is 14.1. The number of nitrogens with zero attached hydrogens (tertiary/aromatic N) is 3. The summed E-state index contributed by atoms with van der Waals surface area (Å²) in [6.45, 7) is 3.69. The molecular formula is C19H14F5N3O3. The molecule has 0 aliphatic carbocycles. The molecule has 30 heavy (non-hydrogen) atoms. The lowest BCUT2D eigenvalue weighted by atomic mass is 10.1. The van der Waals surface area contributed by atoms with E-state index in [0.29, 0.717) is 32.2 Å². The highest BCUT2D eigenvalue weighted by atomic mass is 19.2. The van der Waals surface area contributed by atoms with Crippen molar-refractivity contribution >= 4 is 29.3 Å². The number of carbonyl (C=O) groups excluding carboxylic acids is 1. The summed E-state index contributed by atoms with van der Waals surface area (Å²) < 4.78 is 79.4. The van der Waals surface area contributed by atoms with Gasteiger partial charge in [0.15, 0.2) is 29.2 Å². The van der Waals surface area contributed by atoms with Crippen LogP contribution in [0, 0.1) is 29.1 Å². The molecule has 2 aliphatic rings. The van der Waals surface area contributed by atoms with Crippen LogP contribution in [0.25, 0.3) is 6.08 Å². The van der Waals surface area contributed by atoms with Gasteiger partial charge in [-0.1, -0.05) is 0 Å². The highest BCUT2D eigenvalue weighted by Gasteiger charge is 2.37. The molecule has 1 fully saturated rings. The third-order valence-electron chi connectivity index (χ3n) is 4.68. The molecule has 1 aromatic carbocycles. The van der Waals surface area contributed by atoms with Gasteiger partial charge in [0.05, 0.1) is 24.5 Å². The van der Waals surface area contributed by atoms with Gasteiger partial charge in [0, 0.05) is 19.2 Å². The maximum absolute atomic E-state index is 14.1. The highest BCUT2D eigenvalue weighted by molar-refractivity contribution is 6.32. The van der Waals surface area contributed by atoms with Crippen LogP contribution in [0.3, 0.4) is 0 Å². The molecule has 0 saturated carbocycles. The second kappa shape index (κ2) is 7.56. The van der Waals surface area contributed by atoms with Gasteiger partial charge in [0.2, 0.25) is 5.82 Å². The summed E-state index contributed by atoms with van der Waals surface area (Å²) in [6.07, 6.45) is 1.29. The summed E-state index contributed by atoms with van der Waals surface area (Å²) in [5, 5.41) is 3.83. The Morgan fingerprint density at radius 3 is 2.20 bits per heavy atom. The Kier molecular flexibility index (Phi) is 5.06. The summed E-state index contributed by atoms with van der Waals surface area (Å²) in [7, 11) is 0. The van der Waals surface area contributed by atoms with Crippen molar-refractivity contribution in [2.24, 2.45) is 5.10 Å². The van der Waals surface area contributed by atoms with Gasteiger partial charge in [-0.2, -0.15) is 10.1 Å². The quantitative estimate of drug-likeness (QED) is 0.325. The zero-order valence-electron chi connectivity index (χ0n) is 15.5. The Bertz CT molecular complexity index is 1060. The van der Waals surface area contributed by atoms with Crippen molar-refractivity contribution in [2.45, 2.75) is 6.92 Å². The van der Waals surface area contributed by atoms with Gasteiger partial charge in [-0.3, -0.25) is 4.79 Å². The SMILES string of the molecule is CC1=NN(c2c(F)c(F)c(F)c(F)c2F)C(=O)/C1=C/c1ccc(N2CCOCC2)o1. The van der Waals surface area contributed by atoms with Crippen molar-refractivity contribution in [3.63, 3.8) is 0 Å². The molecule has 0 radical (unpaired) electrons. The first-order chi connectivity index (χ1) is 14.3. The smallest absolute Gasteiger partial charge is 0.280 e. The predicted molar refractivity (Wildman–Crippen MR) is 96.5 cm³/mol. The summed E-state index contributed by atoms with van der Waals surface area (Å²) in [5.74, 6) is -11.2. The summed E-state index contributed by atoms with van der Waals surface area (Å²) in [6, 6.07) is 3.27. The van der Waals surface area contributed by atoms with Crippen LogP contribution in [-0.2, 0) is 9.53 Å². The van der Waals surface area contributed by atoms with E-state index in [4.69, 9.17) is 9.15 Å². The van der Waals surface area contributed by atoms with E-state index in [1.165, 1.54) is 13.0 Å². The van der Waals surface area contributed by atoms with Crippen LogP contribution < -0.4 is 9.91 Å². The van der Waals surface area contributed by atoms with Crippen molar-refractivity contribution < 1.29 is 35.9 Å². The average molecular weight is 427 g/mol. The minimum Gasteiger partial charge on any atom is -0.441 e. The van der Waals surface area contributed by atoms with Crippen molar-refractivity contribution in [3.05, 3.63) is 52.6 Å². The molecule has 158 valence electrons. The number of halogens is 5. The lowest BCUT2D eigenvalue weighted by Crippen LogP contribution is -2.35. The lowest BCUT2D eigenvalue weighted by molar-refractivity contribution is -0.114. The number of ether oxygens (including phenoxy) is 1. The number of amides is 1. The molecule has 2 aliphatic heterocycles. The number of carbonyl (C=O) groups is 1. The predicted octanol–water partition coefficient (Wildman–Crippen LogP) is 3.62. The fraction of sp³-hybridized carbons (Fsp3) is 0.263. The summed E-state index contributed by atoms with van der Waals surface area (Å²) in [4.78, 5) is 14.6. The molecule has 0 unspecified atom stereocenters. The normalized spacial score (nSPS) is 18.5. The summed E-state index contributed by atoms with van der Waals surface area (Å²) in [5.41, 5.74) is -1.53. The van der Waals surface area contributed by atoms with Gasteiger partial charge in [-0.05, 0) is 19.1 Å². The number of rotatable bonds is 3. The molecule has 6 nitrogen and oxygen atoms in total. The number of hydrogen-bond acceptors (Lipinski definition) is 5. The van der Waals surface area contributed by atoms with E-state index in [1.807, 2.05) is 4.90 Å². The van der Waals surface area contributed by atoms with Crippen LogP contribution in [0.2, 0.25) is 0 Å². The number of hydrogen-bond donors (Lipinski definition) is 0. The van der Waals surface area contributed by atoms with Crippen LogP contribution >= 0.6 is 0 Å². The number of furan rings is 1. The molecule has 0 atom stereocenters. The van der Waals surface area contributed by atoms with E-state index in [0.717, 1.165) is 0 Å². The highest BCUT2D eigenvalue weighted by Crippen LogP contribution is 2.34. The average Bonchev–Trinajstić information content (AvgIpc) is 3.32. The third kappa shape index (κ3) is 3.24. The van der Waals surface area contributed by atoms with Crippen LogP contribution in [-0.4, -0.2) is 37.9 Å². The van der Waals surface area contributed by atoms with E-state index < -0.39 is 40.7 Å². The molecule has 11 heteroatoms. The Morgan fingerprint density at radius 1 is 0.967 bits per heavy atom. The monoisotopic (exact) mass is 427 g/mol. The van der Waals surface area contributed by atoms with Crippen molar-refractivity contribution in [1.29, 1.82) is 0 Å². The van der Waals surface area contributed by atoms with Gasteiger partial charge in [0.25, 0.3) is 5.91 Å². The molecule has 1 amide bonds. The first-order valence-corrected chi connectivity index (χ1v) is 8.85. The zero-order chi connectivity index (χ0) is 21.6. The Balaban J connectivity index is 1.66. The second-order valence-corrected chi connectivity index (χ2v) is 6.55. The fourth-order valence-electron chi connectivity index (χ4n) is 3.13. The zero-order valence-corrected chi connectivity index (χ0v) is 15.5. The van der Waals surface area contributed by atoms with Gasteiger partial charge < -0.3 is 14.1 Å². The first kappa shape index (κ1) is 20.1. The Hall–Kier alpha value is -3.21. The van der Waals surface area contributed by atoms with Crippen molar-refractivity contribution in [2.75, 3.05) is 36.2 Å². The number of morpholine rings is 1. The first-order valence-electron chi connectivity index (χ1n) is 8.85. The minimum atomic E-state index is -2.32. The van der Waals surface area contributed by atoms with Crippen LogP contribution in [0.5, 0.6) is 0 Å². The molecule has 0 bridgehead atoms. The lowest BCUT2D eigenvalue weighted by Gasteiger charge is -2.26. The van der Waals surface area contributed by atoms with E-state index in [1.54, 1.807) is 12.1 Å². The van der Waals surface area contributed by atoms with Crippen LogP contribution in [0.4, 0.5) is 33.5 Å². The van der Waals surface area contributed by atoms with Crippen molar-refractivity contribution in [1.82, 2.24) is 0 Å². The van der Waals surface area contributed by atoms with Crippen LogP contribution in [0.15, 0.2) is 27.2 Å². The number of benzene rings is 1. The standard InChI is InChI=1S/C19H14F5N3O3/c1-9-11(8-10-2-3-12(30-10)26-4-6-29-7-5-26)19(28)27(25-9)18-16(23)14(21)13(20)15(22)17(18)24/h2-3,8H,4-7H2,1H3/b11-8+. The van der Waals surface area contributed by atoms with Gasteiger partial charge in [-0.25, -0.2) is 22.0 Å². The molecular weight excluding hydrogens is 413 g/mol. The van der Waals surface area contributed by atoms with Crippen LogP contribution in [0.1, 0.15) is 12.7 Å². The van der Waals surface area contributed by atoms with E-state index >= 15 is 0 Å². The fourth-order valence-corrected chi connectivity index (χ4v) is 3.13. The molecule has 0 N–H and O–H groups in total. The summed E-state index contributed by atoms with van der Waals surface area (Å²) >= 11 is 0. The largest absolute Gasteiger partial charge is 0.441 e. The van der Waals surface area contributed by atoms with Gasteiger partial charge >= 0.3 is 0 Å². The maximum Gasteiger partial charge on any atom is 0.280 e. The Morgan fingerprint density at radius 2 is 1.57 bits per heavy atom.